The Bertz CT molecular complexity index is 1750. The Hall–Kier alpha value is -5.08. The number of carbonyl (C=O) groups is 1. The molecular weight excluding hydrogens is 586 g/mol. The van der Waals surface area contributed by atoms with Gasteiger partial charge >= 0.3 is 12.7 Å². The van der Waals surface area contributed by atoms with Gasteiger partial charge in [0.2, 0.25) is 11.8 Å². The van der Waals surface area contributed by atoms with Gasteiger partial charge in [-0.05, 0) is 24.6 Å². The summed E-state index contributed by atoms with van der Waals surface area (Å²) in [7, 11) is 1.53. The first kappa shape index (κ1) is 29.0. The van der Waals surface area contributed by atoms with Crippen molar-refractivity contribution < 1.29 is 36.6 Å². The third-order valence-electron chi connectivity index (χ3n) is 6.98. The fraction of sp³-hybridized carbons (Fsp3) is 0.310. The molecule has 3 aromatic rings. The van der Waals surface area contributed by atoms with E-state index in [1.165, 1.54) is 22.6 Å². The number of alkyl halides is 4. The summed E-state index contributed by atoms with van der Waals surface area (Å²) in [6.45, 7) is -0.908. The Morgan fingerprint density at radius 2 is 1.89 bits per heavy atom. The number of ether oxygens (including phenoxy) is 3. The van der Waals surface area contributed by atoms with E-state index >= 15 is 0 Å². The van der Waals surface area contributed by atoms with Crippen molar-refractivity contribution in [2.45, 2.75) is 39.2 Å². The van der Waals surface area contributed by atoms with E-state index in [4.69, 9.17) is 19.2 Å². The highest BCUT2D eigenvalue weighted by atomic mass is 19.3. The fourth-order valence-electron chi connectivity index (χ4n) is 5.26. The molecular formula is C29H27F4N7O4. The van der Waals surface area contributed by atoms with E-state index in [1.807, 2.05) is 34.9 Å². The van der Waals surface area contributed by atoms with Crippen LogP contribution in [0.15, 0.2) is 54.9 Å². The number of aryl methyl sites for hydroxylation is 1. The quantitative estimate of drug-likeness (QED) is 0.223. The Morgan fingerprint density at radius 3 is 2.61 bits per heavy atom. The zero-order chi connectivity index (χ0) is 31.0. The Morgan fingerprint density at radius 1 is 1.09 bits per heavy atom. The molecule has 11 nitrogen and oxygen atoms in total. The Balaban J connectivity index is 1.54. The lowest BCUT2D eigenvalue weighted by Crippen LogP contribution is -2.37. The minimum absolute atomic E-state index is 0.0186. The molecule has 6 rings (SSSR count). The number of fused-ring (bicyclic) bond motifs is 2. The third kappa shape index (κ3) is 5.52. The highest BCUT2D eigenvalue weighted by molar-refractivity contribution is 5.97. The minimum atomic E-state index is -3.19. The number of amides is 1. The number of carbonyl (C=O) groups excluding carboxylic acids is 1. The Kier molecular flexibility index (Phi) is 7.84. The summed E-state index contributed by atoms with van der Waals surface area (Å²) in [5, 5.41) is 10.7. The van der Waals surface area contributed by atoms with Crippen molar-refractivity contribution in [2.75, 3.05) is 13.2 Å². The van der Waals surface area contributed by atoms with Crippen LogP contribution < -0.4 is 14.8 Å². The number of hydrogen-bond donors (Lipinski definition) is 1. The maximum absolute atomic E-state index is 14.6. The molecule has 1 N–H and O–H groups in total. The molecule has 1 atom stereocenters. The lowest BCUT2D eigenvalue weighted by atomic mass is 9.98. The predicted octanol–water partition coefficient (Wildman–Crippen LogP) is 5.35. The molecule has 230 valence electrons. The lowest BCUT2D eigenvalue weighted by molar-refractivity contribution is -0.0527. The molecule has 3 aliphatic rings. The lowest BCUT2D eigenvalue weighted by Gasteiger charge is -2.24. The molecule has 15 heteroatoms. The van der Waals surface area contributed by atoms with Crippen molar-refractivity contribution in [1.29, 1.82) is 0 Å². The number of aromatic nitrogens is 6. The molecule has 44 heavy (non-hydrogen) atoms. The summed E-state index contributed by atoms with van der Waals surface area (Å²) >= 11 is 0. The number of rotatable bonds is 9. The van der Waals surface area contributed by atoms with E-state index in [1.54, 1.807) is 25.3 Å². The van der Waals surface area contributed by atoms with E-state index in [-0.39, 0.29) is 41.4 Å². The van der Waals surface area contributed by atoms with Gasteiger partial charge in [0.15, 0.2) is 6.10 Å². The van der Waals surface area contributed by atoms with E-state index in [2.05, 4.69) is 15.5 Å². The van der Waals surface area contributed by atoms with Gasteiger partial charge in [-0.2, -0.15) is 13.9 Å². The van der Waals surface area contributed by atoms with Gasteiger partial charge < -0.3 is 24.1 Å². The van der Waals surface area contributed by atoms with Gasteiger partial charge in [-0.1, -0.05) is 30.3 Å². The highest BCUT2D eigenvalue weighted by Crippen LogP contribution is 2.49. The maximum Gasteiger partial charge on any atom is 0.407 e. The second-order valence-corrected chi connectivity index (χ2v) is 10.0. The zero-order valence-corrected chi connectivity index (χ0v) is 23.6. The van der Waals surface area contributed by atoms with Crippen LogP contribution in [0.2, 0.25) is 0 Å². The average molecular weight is 614 g/mol. The molecule has 0 aliphatic carbocycles. The van der Waals surface area contributed by atoms with Gasteiger partial charge in [-0.25, -0.2) is 23.2 Å². The second-order valence-electron chi connectivity index (χ2n) is 10.0. The van der Waals surface area contributed by atoms with Gasteiger partial charge in [0.25, 0.3) is 6.43 Å². The van der Waals surface area contributed by atoms with Crippen LogP contribution in [0.5, 0.6) is 11.8 Å². The summed E-state index contributed by atoms with van der Waals surface area (Å²) in [4.78, 5) is 16.8. The van der Waals surface area contributed by atoms with Crippen LogP contribution in [-0.4, -0.2) is 61.1 Å². The first-order valence-electron chi connectivity index (χ1n) is 13.7. The van der Waals surface area contributed by atoms with Crippen molar-refractivity contribution in [3.05, 3.63) is 66.1 Å². The van der Waals surface area contributed by atoms with Gasteiger partial charge in [-0.15, -0.1) is 5.10 Å². The van der Waals surface area contributed by atoms with Crippen molar-refractivity contribution in [3.63, 3.8) is 0 Å². The van der Waals surface area contributed by atoms with Crippen LogP contribution in [0.4, 0.5) is 22.4 Å². The number of hydrogen-bond acceptors (Lipinski definition) is 7. The minimum Gasteiger partial charge on any atom is -0.473 e. The van der Waals surface area contributed by atoms with Crippen LogP contribution in [0.25, 0.3) is 33.8 Å². The van der Waals surface area contributed by atoms with Gasteiger partial charge in [0, 0.05) is 43.7 Å². The molecule has 0 spiro atoms. The topological polar surface area (TPSA) is 110 Å². The number of nitrogens with one attached hydrogen (secondary N) is 1. The molecule has 0 saturated heterocycles. The largest absolute Gasteiger partial charge is 0.473 e. The van der Waals surface area contributed by atoms with Gasteiger partial charge in [-0.3, -0.25) is 4.68 Å². The van der Waals surface area contributed by atoms with Crippen LogP contribution in [0, 0.1) is 0 Å². The first-order chi connectivity index (χ1) is 21.2. The number of benzene rings is 1. The Labute approximate surface area is 248 Å². The van der Waals surface area contributed by atoms with Crippen molar-refractivity contribution in [2.24, 2.45) is 7.05 Å². The normalized spacial score (nSPS) is 14.6. The highest BCUT2D eigenvalue weighted by Gasteiger charge is 2.37. The predicted molar refractivity (Wildman–Crippen MR) is 149 cm³/mol. The van der Waals surface area contributed by atoms with Gasteiger partial charge in [0.05, 0.1) is 23.4 Å². The second kappa shape index (κ2) is 11.9. The molecule has 5 heterocycles. The summed E-state index contributed by atoms with van der Waals surface area (Å²) in [5.41, 5.74) is 1.10. The SMILES string of the molecule is CCNC(=O)O[C@@H]1COc2c(-c3nc4n(Cc5ccccc5)cccc-4c3-c3cn(C)nc3OC(F)F)c(C(F)F)nn2C1. The van der Waals surface area contributed by atoms with E-state index in [9.17, 15) is 22.4 Å². The van der Waals surface area contributed by atoms with Crippen LogP contribution in [0.3, 0.4) is 0 Å². The zero-order valence-electron chi connectivity index (χ0n) is 23.6. The van der Waals surface area contributed by atoms with Crippen molar-refractivity contribution in [3.8, 4) is 45.5 Å². The molecule has 1 amide bonds. The average Bonchev–Trinajstić information content (AvgIpc) is 3.65. The number of alkyl carbamates (subject to hydrolysis) is 1. The van der Waals surface area contributed by atoms with Crippen molar-refractivity contribution >= 4 is 6.09 Å². The fourth-order valence-corrected chi connectivity index (χ4v) is 5.26. The molecule has 0 unspecified atom stereocenters. The van der Waals surface area contributed by atoms with Gasteiger partial charge in [0.1, 0.15) is 18.1 Å². The van der Waals surface area contributed by atoms with E-state index < -0.39 is 36.8 Å². The van der Waals surface area contributed by atoms with Crippen LogP contribution >= 0.6 is 0 Å². The molecule has 0 bridgehead atoms. The summed E-state index contributed by atoms with van der Waals surface area (Å²) in [5.74, 6) is -0.0102. The third-order valence-corrected chi connectivity index (χ3v) is 6.98. The molecule has 0 fully saturated rings. The summed E-state index contributed by atoms with van der Waals surface area (Å²) in [6.07, 6.45) is -1.28. The maximum atomic E-state index is 14.6. The standard InChI is InChI=1S/C29H27F4N7O4/c1-3-34-29(41)43-17-13-40-27(42-15-17)21(23(36-40)24(30)31)22-20(19-14-38(2)37-26(19)44-28(32)33)18-10-7-11-39(25(18)35-22)12-16-8-5-4-6-9-16/h4-11,14,17,24,28H,3,12-13,15H2,1-2H3,(H,34,41)/t17-/m0/s1. The van der Waals surface area contributed by atoms with Crippen molar-refractivity contribution in [1.82, 2.24) is 34.4 Å². The smallest absolute Gasteiger partial charge is 0.407 e. The summed E-state index contributed by atoms with van der Waals surface area (Å²) in [6, 6.07) is 13.0. The van der Waals surface area contributed by atoms with E-state index in [0.29, 0.717) is 24.5 Å². The molecule has 2 aromatic heterocycles. The summed E-state index contributed by atoms with van der Waals surface area (Å²) < 4.78 is 76.4. The van der Waals surface area contributed by atoms with E-state index in [0.717, 1.165) is 5.56 Å². The number of halogens is 4. The first-order valence-corrected chi connectivity index (χ1v) is 13.7. The molecule has 1 aromatic carbocycles. The number of nitrogens with zero attached hydrogens (tertiary/aromatic N) is 6. The molecule has 0 saturated carbocycles. The number of pyridine rings is 1. The monoisotopic (exact) mass is 613 g/mol. The molecule has 0 radical (unpaired) electrons. The van der Waals surface area contributed by atoms with Crippen LogP contribution in [0.1, 0.15) is 24.6 Å². The van der Waals surface area contributed by atoms with Crippen LogP contribution in [-0.2, 0) is 24.9 Å². The molecule has 3 aliphatic heterocycles.